The lowest BCUT2D eigenvalue weighted by Gasteiger charge is -2.17. The molecule has 0 bridgehead atoms. The van der Waals surface area contributed by atoms with Crippen LogP contribution in [0.25, 0.3) is 243 Å². The van der Waals surface area contributed by atoms with E-state index in [9.17, 15) is 0 Å². The summed E-state index contributed by atoms with van der Waals surface area (Å²) in [6, 6.07) is 130. The van der Waals surface area contributed by atoms with Gasteiger partial charge in [0, 0.05) is 80.5 Å². The zero-order valence-electron chi connectivity index (χ0n) is 64.4. The minimum atomic E-state index is 0.492. The van der Waals surface area contributed by atoms with Crippen LogP contribution in [0.5, 0.6) is 0 Å². The van der Waals surface area contributed by atoms with Gasteiger partial charge in [0.2, 0.25) is 0 Å². The topological polar surface area (TPSA) is 169 Å². The quantitative estimate of drug-likeness (QED) is 0.119. The fraction of sp³-hybridized carbons (Fsp3) is 0. The Balaban J connectivity index is 0.000000106. The molecule has 0 spiro atoms. The molecule has 0 aliphatic heterocycles. The van der Waals surface area contributed by atoms with Gasteiger partial charge in [0.05, 0.1) is 0 Å². The van der Waals surface area contributed by atoms with E-state index in [2.05, 4.69) is 237 Å². The SMILES string of the molecule is c1ccc(-c2c3ccccc3c(-c3nc(-c4ccc5ccccc5c4)nc(-c4cc5ccccc5o4)n3)c3ccccc23)cc1.c1ccc2cc(-c3nc(-c4cc5ccccc5o4)nc(-c4cccc5c4sc4ccccc45)n3)ccc2c1.c1ccc2cc(-c3nc(-c4ccc5oc6ccccc6c5c4)nc(-c4cc5ccccc5o4)n3)ccc2c1. The Kier molecular flexibility index (Phi) is 17.1. The molecule has 0 atom stereocenters. The fourth-order valence-corrected chi connectivity index (χ4v) is 17.8. The Labute approximate surface area is 694 Å². The van der Waals surface area contributed by atoms with Crippen molar-refractivity contribution in [2.24, 2.45) is 0 Å². The molecule has 566 valence electrons. The van der Waals surface area contributed by atoms with Crippen molar-refractivity contribution in [3.8, 4) is 114 Å². The highest BCUT2D eigenvalue weighted by molar-refractivity contribution is 7.26. The number of hydrogen-bond acceptors (Lipinski definition) is 14. The average molecular weight is 1570 g/mol. The number of thiophene rings is 1. The van der Waals surface area contributed by atoms with Gasteiger partial charge in [-0.25, -0.2) is 44.9 Å². The molecule has 0 unspecified atom stereocenters. The summed E-state index contributed by atoms with van der Waals surface area (Å²) in [6.45, 7) is 0. The van der Waals surface area contributed by atoms with E-state index in [4.69, 9.17) is 62.5 Å². The molecule has 14 heteroatoms. The van der Waals surface area contributed by atoms with Crippen LogP contribution in [0.15, 0.2) is 400 Å². The standard InChI is InChI=1S/C41H25N3O.C33H19N3O2.C33H19N3OS/c1-2-13-27(14-3-1)37-31-17-7-9-19-33(31)38(34-20-10-8-18-32(34)37)41-43-39(30-23-22-26-12-4-5-15-28(26)24-30)42-40(44-41)36-25-29-16-6-11-21-35(29)45-36;1-2-8-21-17-23(14-13-20(21)7-1)31-34-32(36-33(35-31)30-19-22-9-3-5-11-27(22)37-30)24-15-16-29-26(18-24)25-10-4-6-12-28(25)38-29;1-2-9-21-18-23(17-16-20(21)8-1)31-34-32(36-33(35-31)28-19-22-10-3-5-14-27(22)37-28)26-13-7-12-25-24-11-4-6-15-29(24)38-30(25)26/h1-25H;2*1-19H. The number of aromatic nitrogens is 9. The third-order valence-corrected chi connectivity index (χ3v) is 23.6. The Morgan fingerprint density at radius 1 is 0.174 bits per heavy atom. The minimum absolute atomic E-state index is 0.492. The van der Waals surface area contributed by atoms with Crippen LogP contribution in [-0.4, -0.2) is 44.9 Å². The van der Waals surface area contributed by atoms with Crippen molar-refractivity contribution in [3.05, 3.63) is 382 Å². The molecule has 0 fully saturated rings. The van der Waals surface area contributed by atoms with Crippen molar-refractivity contribution in [3.63, 3.8) is 0 Å². The van der Waals surface area contributed by atoms with Gasteiger partial charge < -0.3 is 17.7 Å². The molecule has 13 nitrogen and oxygen atoms in total. The molecule has 25 aromatic rings. The van der Waals surface area contributed by atoms with Crippen molar-refractivity contribution in [2.75, 3.05) is 0 Å². The third-order valence-electron chi connectivity index (χ3n) is 22.4. The largest absolute Gasteiger partial charge is 0.456 e. The second-order valence-corrected chi connectivity index (χ2v) is 30.9. The summed E-state index contributed by atoms with van der Waals surface area (Å²) in [7, 11) is 0. The first-order valence-electron chi connectivity index (χ1n) is 39.9. The molecule has 0 radical (unpaired) electrons. The number of rotatable bonds is 10. The van der Waals surface area contributed by atoms with E-state index in [0.29, 0.717) is 69.7 Å². The van der Waals surface area contributed by atoms with E-state index in [0.717, 1.165) is 126 Å². The summed E-state index contributed by atoms with van der Waals surface area (Å²) >= 11 is 1.77. The Bertz CT molecular complexity index is 8250. The predicted molar refractivity (Wildman–Crippen MR) is 491 cm³/mol. The number of nitrogens with zero attached hydrogens (tertiary/aromatic N) is 9. The van der Waals surface area contributed by atoms with Crippen molar-refractivity contribution < 1.29 is 17.7 Å². The molecule has 17 aromatic carbocycles. The van der Waals surface area contributed by atoms with Gasteiger partial charge in [-0.15, -0.1) is 11.3 Å². The van der Waals surface area contributed by atoms with E-state index < -0.39 is 0 Å². The molecule has 0 aliphatic carbocycles. The van der Waals surface area contributed by atoms with Crippen molar-refractivity contribution in [1.29, 1.82) is 0 Å². The fourth-order valence-electron chi connectivity index (χ4n) is 16.5. The first-order chi connectivity index (χ1) is 59.9. The van der Waals surface area contributed by atoms with Gasteiger partial charge >= 0.3 is 0 Å². The predicted octanol–water partition coefficient (Wildman–Crippen LogP) is 28.6. The maximum atomic E-state index is 6.31. The second kappa shape index (κ2) is 29.5. The van der Waals surface area contributed by atoms with Crippen LogP contribution < -0.4 is 0 Å². The van der Waals surface area contributed by atoms with Gasteiger partial charge in [0.1, 0.15) is 27.9 Å². The summed E-state index contributed by atoms with van der Waals surface area (Å²) in [5, 5.41) is 18.9. The molecular weight excluding hydrogens is 1510 g/mol. The molecule has 0 aliphatic rings. The number of hydrogen-bond donors (Lipinski definition) is 0. The summed E-state index contributed by atoms with van der Waals surface area (Å²) in [5.74, 6) is 6.98. The third kappa shape index (κ3) is 13.0. The first-order valence-corrected chi connectivity index (χ1v) is 40.7. The highest BCUT2D eigenvalue weighted by Crippen LogP contribution is 2.46. The van der Waals surface area contributed by atoms with Crippen molar-refractivity contribution in [1.82, 2.24) is 44.9 Å². The second-order valence-electron chi connectivity index (χ2n) is 29.8. The van der Waals surface area contributed by atoms with Gasteiger partial charge in [0.15, 0.2) is 69.7 Å². The molecule has 0 saturated carbocycles. The maximum Gasteiger partial charge on any atom is 0.199 e. The zero-order chi connectivity index (χ0) is 79.9. The Morgan fingerprint density at radius 2 is 0.512 bits per heavy atom. The van der Waals surface area contributed by atoms with E-state index in [1.165, 1.54) is 47.5 Å². The van der Waals surface area contributed by atoms with Gasteiger partial charge in [-0.05, 0) is 156 Å². The normalized spacial score (nSPS) is 11.6. The number of furan rings is 4. The molecule has 8 heterocycles. The van der Waals surface area contributed by atoms with Crippen LogP contribution in [0.2, 0.25) is 0 Å². The number of benzene rings is 17. The van der Waals surface area contributed by atoms with Gasteiger partial charge in [0.25, 0.3) is 0 Å². The highest BCUT2D eigenvalue weighted by Gasteiger charge is 2.25. The van der Waals surface area contributed by atoms with E-state index in [-0.39, 0.29) is 0 Å². The summed E-state index contributed by atoms with van der Waals surface area (Å²) in [5.41, 5.74) is 12.1. The van der Waals surface area contributed by atoms with Gasteiger partial charge in [-0.1, -0.05) is 291 Å². The smallest absolute Gasteiger partial charge is 0.199 e. The molecule has 25 rings (SSSR count). The van der Waals surface area contributed by atoms with Crippen LogP contribution >= 0.6 is 11.3 Å². The highest BCUT2D eigenvalue weighted by atomic mass is 32.1. The number of para-hydroxylation sites is 4. The Morgan fingerprint density at radius 3 is 1.00 bits per heavy atom. The molecule has 121 heavy (non-hydrogen) atoms. The summed E-state index contributed by atoms with van der Waals surface area (Å²) in [4.78, 5) is 44.9. The van der Waals surface area contributed by atoms with Gasteiger partial charge in [-0.3, -0.25) is 0 Å². The van der Waals surface area contributed by atoms with Crippen LogP contribution in [0, 0.1) is 0 Å². The van der Waals surface area contributed by atoms with Crippen molar-refractivity contribution in [2.45, 2.75) is 0 Å². The van der Waals surface area contributed by atoms with E-state index in [1.54, 1.807) is 11.3 Å². The lowest BCUT2D eigenvalue weighted by Crippen LogP contribution is -2.01. The molecule has 0 saturated heterocycles. The van der Waals surface area contributed by atoms with Crippen LogP contribution in [0.3, 0.4) is 0 Å². The van der Waals surface area contributed by atoms with E-state index in [1.807, 2.05) is 146 Å². The van der Waals surface area contributed by atoms with Gasteiger partial charge in [-0.2, -0.15) is 0 Å². The average Bonchev–Trinajstić information content (AvgIpc) is 1.65. The Hall–Kier alpha value is -16.3. The monoisotopic (exact) mass is 1570 g/mol. The molecule has 0 amide bonds. The van der Waals surface area contributed by atoms with Crippen molar-refractivity contribution >= 4 is 140 Å². The number of fused-ring (bicyclic) bond motifs is 14. The maximum absolute atomic E-state index is 6.31. The van der Waals surface area contributed by atoms with E-state index >= 15 is 0 Å². The van der Waals surface area contributed by atoms with Crippen LogP contribution in [-0.2, 0) is 0 Å². The minimum Gasteiger partial charge on any atom is -0.456 e. The lowest BCUT2D eigenvalue weighted by molar-refractivity contribution is 0.624. The van der Waals surface area contributed by atoms with Crippen LogP contribution in [0.4, 0.5) is 0 Å². The van der Waals surface area contributed by atoms with Crippen LogP contribution in [0.1, 0.15) is 0 Å². The molecular formula is C107H63N9O4S. The first kappa shape index (κ1) is 70.1. The summed E-state index contributed by atoms with van der Waals surface area (Å²) in [6.07, 6.45) is 0. The zero-order valence-corrected chi connectivity index (χ0v) is 65.3. The molecule has 0 N–H and O–H groups in total. The lowest BCUT2D eigenvalue weighted by atomic mass is 9.88. The summed E-state index contributed by atoms with van der Waals surface area (Å²) < 4.78 is 27.1. The molecule has 8 aromatic heterocycles.